The maximum absolute atomic E-state index is 12.3. The van der Waals surface area contributed by atoms with Gasteiger partial charge in [0.1, 0.15) is 35.0 Å². The molecule has 9 rings (SSSR count). The van der Waals surface area contributed by atoms with Gasteiger partial charge >= 0.3 is 42.0 Å². The third kappa shape index (κ3) is 41.8. The van der Waals surface area contributed by atoms with Gasteiger partial charge in [0.15, 0.2) is 0 Å². The fourth-order valence-corrected chi connectivity index (χ4v) is 14.6. The van der Waals surface area contributed by atoms with Crippen LogP contribution in [0.4, 0.5) is 13.2 Å². The fourth-order valence-electron chi connectivity index (χ4n) is 14.6. The number of nitrogens with two attached hydrogens (primary N) is 2. The number of aromatic nitrogens is 6. The van der Waals surface area contributed by atoms with Crippen molar-refractivity contribution in [1.29, 1.82) is 0 Å². The number of imidazole rings is 3. The topological polar surface area (TPSA) is 393 Å². The summed E-state index contributed by atoms with van der Waals surface area (Å²) in [5, 5.41) is 37.7. The molecule has 6 aromatic carbocycles. The average Bonchev–Trinajstić information content (AvgIpc) is 1.70. The number of hydrogen-bond acceptors (Lipinski definition) is 16. The predicted molar refractivity (Wildman–Crippen MR) is 497 cm³/mol. The summed E-state index contributed by atoms with van der Waals surface area (Å²) in [6.07, 6.45) is 40.6. The molecule has 3 unspecified atom stereocenters. The molecule has 28 heteroatoms. The second-order valence-corrected chi connectivity index (χ2v) is 31.3. The van der Waals surface area contributed by atoms with E-state index in [4.69, 9.17) is 41.1 Å². The summed E-state index contributed by atoms with van der Waals surface area (Å²) < 4.78 is 45.5. The van der Waals surface area contributed by atoms with Crippen LogP contribution in [0.1, 0.15) is 278 Å². The Hall–Kier alpha value is -11.9. The number of ether oxygens (including phenoxy) is 2. The van der Waals surface area contributed by atoms with Crippen LogP contribution in [-0.4, -0.2) is 148 Å². The van der Waals surface area contributed by atoms with Gasteiger partial charge in [-0.2, -0.15) is 13.2 Å². The Kier molecular flexibility index (Phi) is 55.9. The number of carboxylic acid groups (broad SMARTS) is 4. The summed E-state index contributed by atoms with van der Waals surface area (Å²) in [4.78, 5) is 116. The normalized spacial score (nSPS) is 11.6. The second kappa shape index (κ2) is 64.8. The van der Waals surface area contributed by atoms with Crippen molar-refractivity contribution < 1.29 is 86.2 Å². The molecule has 0 bridgehead atoms. The number of hydrogen-bond donors (Lipinski definition) is 9. The van der Waals surface area contributed by atoms with E-state index >= 15 is 0 Å². The zero-order valence-electron chi connectivity index (χ0n) is 75.1. The Balaban J connectivity index is 0.000000431. The monoisotopic (exact) mass is 1790 g/mol. The van der Waals surface area contributed by atoms with E-state index in [0.717, 1.165) is 71.2 Å². The first kappa shape index (κ1) is 111. The number of rotatable bonds is 52. The van der Waals surface area contributed by atoms with Gasteiger partial charge in [-0.1, -0.05) is 364 Å². The molecule has 129 heavy (non-hydrogen) atoms. The van der Waals surface area contributed by atoms with Crippen LogP contribution in [0.3, 0.4) is 0 Å². The minimum atomic E-state index is -5.08. The van der Waals surface area contributed by atoms with Crippen LogP contribution in [0.25, 0.3) is 0 Å². The lowest BCUT2D eigenvalue weighted by atomic mass is 9.77. The van der Waals surface area contributed by atoms with Crippen LogP contribution >= 0.6 is 0 Å². The highest BCUT2D eigenvalue weighted by molar-refractivity contribution is 5.88. The number of amides is 2. The highest BCUT2D eigenvalue weighted by atomic mass is 19.4. The molecular weight excluding hydrogens is 1650 g/mol. The maximum atomic E-state index is 12.3. The number of nitrogens with zero attached hydrogens (tertiary/aromatic N) is 5. The van der Waals surface area contributed by atoms with Gasteiger partial charge in [0.25, 0.3) is 0 Å². The summed E-state index contributed by atoms with van der Waals surface area (Å²) in [6, 6.07) is 59.0. The molecule has 3 atom stereocenters. The Bertz CT molecular complexity index is 4350. The number of nitrogens with one attached hydrogen (secondary N) is 3. The Morgan fingerprint density at radius 2 is 0.744 bits per heavy atom. The molecule has 0 fully saturated rings. The first-order chi connectivity index (χ1) is 61.8. The van der Waals surface area contributed by atoms with Crippen LogP contribution in [0.15, 0.2) is 220 Å². The summed E-state index contributed by atoms with van der Waals surface area (Å²) in [7, 11) is 2.62. The quantitative estimate of drug-likeness (QED) is 0.00971. The predicted octanol–water partition coefficient (Wildman–Crippen LogP) is 19.3. The van der Waals surface area contributed by atoms with E-state index in [1.807, 2.05) is 128 Å². The molecule has 0 saturated heterocycles. The zero-order chi connectivity index (χ0) is 93.6. The molecular formula is C101H139F3N10O15. The van der Waals surface area contributed by atoms with Crippen molar-refractivity contribution in [3.8, 4) is 0 Å². The molecule has 3 aromatic heterocycles. The molecule has 3 heterocycles. The summed E-state index contributed by atoms with van der Waals surface area (Å²) in [5.41, 5.74) is 18.5. The molecule has 704 valence electrons. The van der Waals surface area contributed by atoms with Crippen molar-refractivity contribution in [3.05, 3.63) is 270 Å². The lowest BCUT2D eigenvalue weighted by Gasteiger charge is -2.37. The highest BCUT2D eigenvalue weighted by Gasteiger charge is 2.41. The molecule has 11 N–H and O–H groups in total. The Labute approximate surface area is 759 Å². The van der Waals surface area contributed by atoms with Crippen molar-refractivity contribution in [2.75, 3.05) is 20.8 Å². The van der Waals surface area contributed by atoms with Gasteiger partial charge < -0.3 is 66.1 Å². The molecule has 0 aliphatic carbocycles. The molecule has 9 aromatic rings. The average molecular weight is 1790 g/mol. The van der Waals surface area contributed by atoms with E-state index in [0.29, 0.717) is 30.7 Å². The number of H-pyrrole nitrogens is 1. The number of unbranched alkanes of at least 4 members (excludes halogenated alkanes) is 24. The number of carbonyl (C=O) groups is 9. The number of ketones is 1. The number of aromatic amines is 1. The largest absolute Gasteiger partial charge is 0.490 e. The minimum Gasteiger partial charge on any atom is -0.481 e. The van der Waals surface area contributed by atoms with Gasteiger partial charge in [-0.05, 0) is 46.2 Å². The maximum Gasteiger partial charge on any atom is 0.490 e. The lowest BCUT2D eigenvalue weighted by molar-refractivity contribution is -0.192. The van der Waals surface area contributed by atoms with Gasteiger partial charge in [-0.3, -0.25) is 28.8 Å². The molecule has 0 saturated carbocycles. The summed E-state index contributed by atoms with van der Waals surface area (Å²) in [6.45, 7) is 5.89. The molecule has 2 amide bonds. The number of methoxy groups -OCH3 is 2. The van der Waals surface area contributed by atoms with E-state index in [-0.39, 0.29) is 51.9 Å². The molecule has 25 nitrogen and oxygen atoms in total. The van der Waals surface area contributed by atoms with E-state index < -0.39 is 83.0 Å². The van der Waals surface area contributed by atoms with Crippen molar-refractivity contribution in [3.63, 3.8) is 0 Å². The number of aliphatic carboxylic acids is 4. The minimum absolute atomic E-state index is 0. The smallest absolute Gasteiger partial charge is 0.481 e. The first-order valence-electron chi connectivity index (χ1n) is 44.8. The number of esters is 2. The molecule has 0 radical (unpaired) electrons. The summed E-state index contributed by atoms with van der Waals surface area (Å²) in [5.74, 6) is -7.04. The van der Waals surface area contributed by atoms with Crippen molar-refractivity contribution in [1.82, 2.24) is 39.7 Å². The zero-order valence-corrected chi connectivity index (χ0v) is 75.1. The molecule has 0 aliphatic rings. The standard InChI is InChI=1S/C28H28N4O3.C26H25N3O2.C25H43N3O4.C16H32O2.C3H6O2.C2HF3O2.CH4/c1-35-27(34)25(31-26(33)18-29)17-24-19-32(20-30-24)28(21-11-5-2-6-12-21,22-13-7-3-8-14-22)23-15-9-4-10-16-23;1-31-25(30)24(27)17-23-18-29(19-28-23)26(20-11-5-2-6-12-20,21-13-7-3-8-14-21)22-15-9-4-10-16-22;1-2-3-4-5-6-7-8-9-10-11-12-13-14-15-22(29)16-17-24(30)28-23(25(31)32)18-21-19-26-20-27-21;1-2-3-4-5-6-7-8-9-10-11-12-13-14-15-16(17)18;1-2-3(4)5;3-2(4,5)1(6)7;/h2-16,19-20,25H,17-18,29H2,1H3,(H,31,33);2-16,18-19,24H,17,27H2,1H3;19-20,23H,2-18H2,1H3,(H,26,27)(H,28,30)(H,31,32);2-15H2,1H3,(H,17,18);2H2,1H3,(H,4,5);(H,6,7);1H4. The van der Waals surface area contributed by atoms with Crippen molar-refractivity contribution in [2.24, 2.45) is 11.5 Å². The fraction of sp³-hybridized carbons (Fsp3) is 0.465. The van der Waals surface area contributed by atoms with Crippen LogP contribution < -0.4 is 22.1 Å². The van der Waals surface area contributed by atoms with Gasteiger partial charge in [0, 0.05) is 75.7 Å². The highest BCUT2D eigenvalue weighted by Crippen LogP contribution is 2.43. The van der Waals surface area contributed by atoms with Gasteiger partial charge in [-0.25, -0.2) is 29.3 Å². The third-order valence-corrected chi connectivity index (χ3v) is 21.4. The number of alkyl halides is 3. The first-order valence-corrected chi connectivity index (χ1v) is 44.8. The van der Waals surface area contributed by atoms with Crippen molar-refractivity contribution in [2.45, 2.75) is 282 Å². The van der Waals surface area contributed by atoms with Gasteiger partial charge in [0.2, 0.25) is 11.8 Å². The Morgan fingerprint density at radius 3 is 1.03 bits per heavy atom. The Morgan fingerprint density at radius 1 is 0.426 bits per heavy atom. The lowest BCUT2D eigenvalue weighted by Crippen LogP contribution is -2.45. The number of halogens is 3. The van der Waals surface area contributed by atoms with E-state index in [9.17, 15) is 56.6 Å². The van der Waals surface area contributed by atoms with E-state index in [1.165, 1.54) is 162 Å². The number of Topliss-reactive ketones (excluding diaryl/α,β-unsaturated/α-hetero) is 1. The number of carboxylic acids is 4. The number of benzene rings is 6. The molecule has 0 aliphatic heterocycles. The molecule has 0 spiro atoms. The summed E-state index contributed by atoms with van der Waals surface area (Å²) >= 11 is 0. The van der Waals surface area contributed by atoms with Crippen LogP contribution in [0.5, 0.6) is 0 Å². The van der Waals surface area contributed by atoms with Gasteiger partial charge in [-0.15, -0.1) is 0 Å². The van der Waals surface area contributed by atoms with Crippen LogP contribution in [0.2, 0.25) is 0 Å². The van der Waals surface area contributed by atoms with Gasteiger partial charge in [0.05, 0.1) is 51.1 Å². The van der Waals surface area contributed by atoms with E-state index in [2.05, 4.69) is 126 Å². The second-order valence-electron chi connectivity index (χ2n) is 31.3. The van der Waals surface area contributed by atoms with Crippen LogP contribution in [-0.2, 0) is 83.0 Å². The number of carbonyl (C=O) groups excluding carboxylic acids is 5. The van der Waals surface area contributed by atoms with Crippen LogP contribution in [0, 0.1) is 0 Å². The third-order valence-electron chi connectivity index (χ3n) is 21.4. The van der Waals surface area contributed by atoms with Crippen molar-refractivity contribution >= 4 is 53.4 Å². The van der Waals surface area contributed by atoms with E-state index in [1.54, 1.807) is 13.3 Å². The SMILES string of the molecule is C.CCC(=O)O.CCCCCCCCCCCCCCCC(=O)CCC(=O)NC(Cc1cnc[nH]1)C(=O)O.CCCCCCCCCCCCCCCC(=O)O.COC(=O)C(Cc1cn(C(c2ccccc2)(c2ccccc2)c2ccccc2)cn1)NC(=O)CN.COC(=O)C(N)Cc1cn(C(c2ccccc2)(c2ccccc2)c2ccccc2)cn1.O=C(O)C(F)(F)F.